The van der Waals surface area contributed by atoms with Gasteiger partial charge in [0.25, 0.3) is 0 Å². The molecule has 0 atom stereocenters. The van der Waals surface area contributed by atoms with Gasteiger partial charge in [-0.15, -0.1) is 0 Å². The first-order valence-electron chi connectivity index (χ1n) is 8.05. The average Bonchev–Trinajstić information content (AvgIpc) is 2.50. The van der Waals surface area contributed by atoms with Gasteiger partial charge in [0, 0.05) is 18.8 Å². The normalized spacial score (nSPS) is 11.4. The molecule has 0 aromatic heterocycles. The Morgan fingerprint density at radius 2 is 1.75 bits per heavy atom. The van der Waals surface area contributed by atoms with Crippen molar-refractivity contribution in [3.8, 4) is 0 Å². The number of nitrogens with one attached hydrogen (secondary N) is 2. The third-order valence-corrected chi connectivity index (χ3v) is 4.10. The van der Waals surface area contributed by atoms with Crippen molar-refractivity contribution in [2.45, 2.75) is 20.3 Å². The number of aryl methyl sites for hydroxylation is 1. The van der Waals surface area contributed by atoms with Gasteiger partial charge in [0.15, 0.2) is 0 Å². The van der Waals surface area contributed by atoms with Gasteiger partial charge in [-0.1, -0.05) is 26.0 Å². The molecule has 1 aromatic rings. The quantitative estimate of drug-likeness (QED) is 0.705. The maximum Gasteiger partial charge on any atom is 0.313 e. The lowest BCUT2D eigenvalue weighted by Gasteiger charge is -2.28. The first-order valence-corrected chi connectivity index (χ1v) is 9.45. The summed E-state index contributed by atoms with van der Waals surface area (Å²) in [6.07, 6.45) is 3.07. The van der Waals surface area contributed by atoms with E-state index < -0.39 is 11.8 Å². The summed E-state index contributed by atoms with van der Waals surface area (Å²) >= 11 is 1.80. The molecule has 0 aliphatic rings. The molecule has 134 valence electrons. The van der Waals surface area contributed by atoms with Gasteiger partial charge in [-0.05, 0) is 55.6 Å². The van der Waals surface area contributed by atoms with Crippen molar-refractivity contribution in [3.63, 3.8) is 0 Å². The highest BCUT2D eigenvalue weighted by atomic mass is 32.2. The summed E-state index contributed by atoms with van der Waals surface area (Å²) < 4.78 is 0. The van der Waals surface area contributed by atoms with Gasteiger partial charge in [0.2, 0.25) is 0 Å². The van der Waals surface area contributed by atoms with E-state index in [2.05, 4.69) is 35.6 Å². The fourth-order valence-electron chi connectivity index (χ4n) is 2.47. The molecular formula is C18H29N3O2S. The van der Waals surface area contributed by atoms with Crippen LogP contribution in [0.3, 0.4) is 0 Å². The van der Waals surface area contributed by atoms with Gasteiger partial charge in [0.1, 0.15) is 0 Å². The van der Waals surface area contributed by atoms with Gasteiger partial charge in [-0.3, -0.25) is 9.59 Å². The Kier molecular flexibility index (Phi) is 8.28. The second-order valence-electron chi connectivity index (χ2n) is 6.98. The summed E-state index contributed by atoms with van der Waals surface area (Å²) in [7, 11) is 3.97. The Morgan fingerprint density at radius 1 is 1.12 bits per heavy atom. The molecule has 0 fully saturated rings. The van der Waals surface area contributed by atoms with Crippen LogP contribution in [0.25, 0.3) is 0 Å². The van der Waals surface area contributed by atoms with Crippen LogP contribution in [0.5, 0.6) is 0 Å². The lowest BCUT2D eigenvalue weighted by Crippen LogP contribution is -2.43. The molecule has 0 unspecified atom stereocenters. The van der Waals surface area contributed by atoms with E-state index in [1.54, 1.807) is 11.8 Å². The summed E-state index contributed by atoms with van der Waals surface area (Å²) in [6, 6.07) is 7.61. The van der Waals surface area contributed by atoms with Crippen molar-refractivity contribution >= 4 is 29.3 Å². The largest absolute Gasteiger partial charge is 0.347 e. The highest BCUT2D eigenvalue weighted by Crippen LogP contribution is 2.14. The smallest absolute Gasteiger partial charge is 0.313 e. The number of carbonyl (C=O) groups is 2. The summed E-state index contributed by atoms with van der Waals surface area (Å²) in [6.45, 7) is 5.38. The molecule has 1 rings (SSSR count). The van der Waals surface area contributed by atoms with Gasteiger partial charge < -0.3 is 15.5 Å². The number of thioether (sulfide) groups is 1. The predicted octanol–water partition coefficient (Wildman–Crippen LogP) is 2.23. The van der Waals surface area contributed by atoms with E-state index in [4.69, 9.17) is 0 Å². The Hall–Kier alpha value is -1.53. The average molecular weight is 352 g/mol. The molecule has 2 amide bonds. The predicted molar refractivity (Wildman–Crippen MR) is 103 cm³/mol. The molecule has 0 saturated heterocycles. The third kappa shape index (κ3) is 7.84. The van der Waals surface area contributed by atoms with Gasteiger partial charge in [-0.25, -0.2) is 0 Å². The Balaban J connectivity index is 2.47. The Morgan fingerprint density at radius 3 is 2.29 bits per heavy atom. The Bertz CT molecular complexity index is 542. The van der Waals surface area contributed by atoms with Crippen LogP contribution in [0, 0.1) is 5.41 Å². The molecule has 24 heavy (non-hydrogen) atoms. The highest BCUT2D eigenvalue weighted by Gasteiger charge is 2.22. The number of carbonyl (C=O) groups excluding carboxylic acids is 2. The van der Waals surface area contributed by atoms with Crippen LogP contribution in [0.1, 0.15) is 19.4 Å². The third-order valence-electron chi connectivity index (χ3n) is 3.48. The molecule has 1 aromatic carbocycles. The van der Waals surface area contributed by atoms with Crippen molar-refractivity contribution in [2.24, 2.45) is 5.41 Å². The number of rotatable bonds is 8. The van der Waals surface area contributed by atoms with Crippen LogP contribution in [-0.2, 0) is 16.0 Å². The minimum absolute atomic E-state index is 0.0988. The standard InChI is InChI=1S/C18H29N3O2S/c1-18(2,13-21(3)4)12-19-16(22)17(23)20-15-8-6-14(7-9-15)10-11-24-5/h6-9H,10-13H2,1-5H3,(H,19,22)(H,20,23). The zero-order chi connectivity index (χ0) is 18.2. The van der Waals surface area contributed by atoms with Crippen LogP contribution in [-0.4, -0.2) is 55.9 Å². The van der Waals surface area contributed by atoms with E-state index in [0.29, 0.717) is 12.2 Å². The molecule has 5 nitrogen and oxygen atoms in total. The second-order valence-corrected chi connectivity index (χ2v) is 7.96. The number of nitrogens with zero attached hydrogens (tertiary/aromatic N) is 1. The fourth-order valence-corrected chi connectivity index (χ4v) is 2.91. The molecule has 2 N–H and O–H groups in total. The van der Waals surface area contributed by atoms with Crippen molar-refractivity contribution in [2.75, 3.05) is 44.5 Å². The number of hydrogen-bond donors (Lipinski definition) is 2. The lowest BCUT2D eigenvalue weighted by atomic mass is 9.93. The van der Waals surface area contributed by atoms with Crippen LogP contribution in [0.2, 0.25) is 0 Å². The van der Waals surface area contributed by atoms with E-state index in [9.17, 15) is 9.59 Å². The number of anilines is 1. The maximum absolute atomic E-state index is 12.0. The number of hydrogen-bond acceptors (Lipinski definition) is 4. The molecule has 0 spiro atoms. The minimum Gasteiger partial charge on any atom is -0.347 e. The summed E-state index contributed by atoms with van der Waals surface area (Å²) in [5.74, 6) is -0.169. The first kappa shape index (κ1) is 20.5. The van der Waals surface area contributed by atoms with Crippen molar-refractivity contribution in [1.82, 2.24) is 10.2 Å². The summed E-state index contributed by atoms with van der Waals surface area (Å²) in [4.78, 5) is 26.0. The minimum atomic E-state index is -0.632. The van der Waals surface area contributed by atoms with Crippen molar-refractivity contribution in [3.05, 3.63) is 29.8 Å². The van der Waals surface area contributed by atoms with Crippen LogP contribution in [0.4, 0.5) is 5.69 Å². The van der Waals surface area contributed by atoms with E-state index in [-0.39, 0.29) is 5.41 Å². The van der Waals surface area contributed by atoms with Crippen molar-refractivity contribution in [1.29, 1.82) is 0 Å². The first-order chi connectivity index (χ1) is 11.2. The van der Waals surface area contributed by atoms with Gasteiger partial charge in [0.05, 0.1) is 0 Å². The van der Waals surface area contributed by atoms with Crippen LogP contribution >= 0.6 is 11.8 Å². The molecule has 0 aliphatic heterocycles. The molecule has 0 radical (unpaired) electrons. The SMILES string of the molecule is CSCCc1ccc(NC(=O)C(=O)NCC(C)(C)CN(C)C)cc1. The zero-order valence-corrected chi connectivity index (χ0v) is 16.1. The summed E-state index contributed by atoms with van der Waals surface area (Å²) in [5.41, 5.74) is 1.76. The zero-order valence-electron chi connectivity index (χ0n) is 15.3. The molecular weight excluding hydrogens is 322 g/mol. The second kappa shape index (κ2) is 9.69. The van der Waals surface area contributed by atoms with Gasteiger partial charge in [-0.2, -0.15) is 11.8 Å². The summed E-state index contributed by atoms with van der Waals surface area (Å²) in [5, 5.41) is 5.34. The van der Waals surface area contributed by atoms with E-state index in [1.807, 2.05) is 38.4 Å². The maximum atomic E-state index is 12.0. The highest BCUT2D eigenvalue weighted by molar-refractivity contribution is 7.98. The topological polar surface area (TPSA) is 61.4 Å². The monoisotopic (exact) mass is 351 g/mol. The lowest BCUT2D eigenvalue weighted by molar-refractivity contribution is -0.136. The molecule has 0 saturated carbocycles. The molecule has 6 heteroatoms. The van der Waals surface area contributed by atoms with E-state index in [0.717, 1.165) is 18.7 Å². The van der Waals surface area contributed by atoms with E-state index >= 15 is 0 Å². The Labute approximate surface area is 149 Å². The van der Waals surface area contributed by atoms with E-state index in [1.165, 1.54) is 5.56 Å². The van der Waals surface area contributed by atoms with Crippen LogP contribution < -0.4 is 10.6 Å². The number of amides is 2. The molecule has 0 bridgehead atoms. The molecule has 0 aliphatic carbocycles. The van der Waals surface area contributed by atoms with Crippen LogP contribution in [0.15, 0.2) is 24.3 Å². The molecule has 0 heterocycles. The number of benzene rings is 1. The van der Waals surface area contributed by atoms with Crippen molar-refractivity contribution < 1.29 is 9.59 Å². The van der Waals surface area contributed by atoms with Gasteiger partial charge >= 0.3 is 11.8 Å². The fraction of sp³-hybridized carbons (Fsp3) is 0.556.